The number of nitro groups is 1. The van der Waals surface area contributed by atoms with Gasteiger partial charge in [0.25, 0.3) is 11.6 Å². The predicted molar refractivity (Wildman–Crippen MR) is 91.3 cm³/mol. The van der Waals surface area contributed by atoms with Crippen LogP contribution in [-0.2, 0) is 12.6 Å². The molecule has 0 aliphatic carbocycles. The lowest BCUT2D eigenvalue weighted by Crippen LogP contribution is -2.38. The van der Waals surface area contributed by atoms with E-state index in [0.717, 1.165) is 17.0 Å². The Balaban J connectivity index is 0.00000117. The van der Waals surface area contributed by atoms with Gasteiger partial charge in [0, 0.05) is 18.3 Å². The summed E-state index contributed by atoms with van der Waals surface area (Å²) in [5, 5.41) is 11.1. The van der Waals surface area contributed by atoms with Crippen molar-refractivity contribution < 1.29 is 22.9 Å². The first kappa shape index (κ1) is 19.4. The third-order valence-electron chi connectivity index (χ3n) is 3.87. The van der Waals surface area contributed by atoms with Crippen LogP contribution < -0.4 is 4.90 Å². The third-order valence-corrected chi connectivity index (χ3v) is 3.87. The Morgan fingerprint density at radius 3 is 2.38 bits per heavy atom. The number of nitrogens with zero attached hydrogens (tertiary/aromatic N) is 2. The number of amides is 1. The minimum Gasteiger partial charge on any atom is -0.308 e. The number of nitro benzene ring substituents is 1. The van der Waals surface area contributed by atoms with Gasteiger partial charge in [-0.05, 0) is 30.2 Å². The summed E-state index contributed by atoms with van der Waals surface area (Å²) < 4.78 is 38.5. The normalized spacial score (nSPS) is 13.6. The van der Waals surface area contributed by atoms with Crippen molar-refractivity contribution in [1.29, 1.82) is 0 Å². The molecular weight excluding hydrogens is 349 g/mol. The summed E-state index contributed by atoms with van der Waals surface area (Å²) in [6, 6.07) is 8.69. The molecule has 26 heavy (non-hydrogen) atoms. The van der Waals surface area contributed by atoms with Crippen LogP contribution in [0.25, 0.3) is 0 Å². The molecule has 0 bridgehead atoms. The fourth-order valence-electron chi connectivity index (χ4n) is 2.76. The molecule has 8 heteroatoms. The maximum absolute atomic E-state index is 12.8. The topological polar surface area (TPSA) is 63.4 Å². The van der Waals surface area contributed by atoms with Crippen molar-refractivity contribution in [1.82, 2.24) is 0 Å². The lowest BCUT2D eigenvalue weighted by Gasteiger charge is -2.28. The first-order valence-electron chi connectivity index (χ1n) is 8.04. The average Bonchev–Trinajstić information content (AvgIpc) is 2.62. The Hall–Kier alpha value is -2.90. The smallest absolute Gasteiger partial charge is 0.308 e. The summed E-state index contributed by atoms with van der Waals surface area (Å²) in [5.74, 6) is -0.664. The lowest BCUT2D eigenvalue weighted by atomic mass is 9.96. The molecule has 0 spiro atoms. The van der Waals surface area contributed by atoms with Crippen LogP contribution in [0.2, 0.25) is 0 Å². The molecule has 0 radical (unpaired) electrons. The van der Waals surface area contributed by atoms with Crippen LogP contribution in [0.4, 0.5) is 24.5 Å². The first-order chi connectivity index (χ1) is 12.3. The molecule has 1 aliphatic heterocycles. The van der Waals surface area contributed by atoms with Crippen molar-refractivity contribution in [2.75, 3.05) is 11.4 Å². The molecule has 0 saturated heterocycles. The van der Waals surface area contributed by atoms with Crippen LogP contribution in [0.1, 0.15) is 35.3 Å². The number of hydrogen-bond acceptors (Lipinski definition) is 3. The fourth-order valence-corrected chi connectivity index (χ4v) is 2.76. The third kappa shape index (κ3) is 3.68. The number of hydrogen-bond donors (Lipinski definition) is 0. The maximum atomic E-state index is 12.8. The van der Waals surface area contributed by atoms with Gasteiger partial charge in [-0.15, -0.1) is 0 Å². The summed E-state index contributed by atoms with van der Waals surface area (Å²) in [5.41, 5.74) is -0.683. The summed E-state index contributed by atoms with van der Waals surface area (Å²) in [7, 11) is 0. The molecule has 138 valence electrons. The minimum atomic E-state index is -4.53. The molecule has 1 amide bonds. The second-order valence-electron chi connectivity index (χ2n) is 5.32. The van der Waals surface area contributed by atoms with E-state index in [2.05, 4.69) is 0 Å². The summed E-state index contributed by atoms with van der Waals surface area (Å²) in [6.45, 7) is 4.16. The van der Waals surface area contributed by atoms with Crippen LogP contribution in [0.3, 0.4) is 0 Å². The number of alkyl halides is 3. The second-order valence-corrected chi connectivity index (χ2v) is 5.32. The van der Waals surface area contributed by atoms with E-state index < -0.39 is 22.6 Å². The molecular formula is C18H17F3N2O3. The Labute approximate surface area is 148 Å². The SMILES string of the molecule is CC.O=C1c2c(cccc2[N+](=O)[O-])CCN1c1cccc(C(F)(F)F)c1. The van der Waals surface area contributed by atoms with Crippen molar-refractivity contribution in [2.45, 2.75) is 26.4 Å². The molecule has 0 unspecified atom stereocenters. The van der Waals surface area contributed by atoms with E-state index in [4.69, 9.17) is 0 Å². The standard InChI is InChI=1S/C16H11F3N2O3.C2H6/c17-16(18,19)11-4-2-5-12(9-11)20-8-7-10-3-1-6-13(21(23)24)14(10)15(20)22;1-2/h1-6,9H,7-8H2;1-2H3. The summed E-state index contributed by atoms with van der Waals surface area (Å²) in [4.78, 5) is 24.3. The van der Waals surface area contributed by atoms with Crippen LogP contribution in [0.5, 0.6) is 0 Å². The molecule has 0 fully saturated rings. The number of fused-ring (bicyclic) bond motifs is 1. The Bertz CT molecular complexity index is 835. The highest BCUT2D eigenvalue weighted by Gasteiger charge is 2.34. The minimum absolute atomic E-state index is 0.0637. The zero-order valence-corrected chi connectivity index (χ0v) is 14.2. The summed E-state index contributed by atoms with van der Waals surface area (Å²) >= 11 is 0. The van der Waals surface area contributed by atoms with Crippen LogP contribution in [-0.4, -0.2) is 17.4 Å². The van der Waals surface area contributed by atoms with E-state index >= 15 is 0 Å². The number of benzene rings is 2. The first-order valence-corrected chi connectivity index (χ1v) is 8.04. The molecule has 0 atom stereocenters. The van der Waals surface area contributed by atoms with E-state index in [1.54, 1.807) is 6.07 Å². The summed E-state index contributed by atoms with van der Waals surface area (Å²) in [6.07, 6.45) is -4.20. The highest BCUT2D eigenvalue weighted by Crippen LogP contribution is 2.34. The van der Waals surface area contributed by atoms with Crippen LogP contribution in [0.15, 0.2) is 42.5 Å². The predicted octanol–water partition coefficient (Wildman–Crippen LogP) is 4.84. The van der Waals surface area contributed by atoms with E-state index in [1.165, 1.54) is 24.3 Å². The van der Waals surface area contributed by atoms with Gasteiger partial charge in [-0.1, -0.05) is 32.0 Å². The molecule has 0 N–H and O–H groups in total. The molecule has 1 aliphatic rings. The maximum Gasteiger partial charge on any atom is 0.416 e. The molecule has 0 aromatic heterocycles. The van der Waals surface area contributed by atoms with Gasteiger partial charge in [0.15, 0.2) is 0 Å². The number of anilines is 1. The van der Waals surface area contributed by atoms with Gasteiger partial charge in [0.05, 0.1) is 10.5 Å². The van der Waals surface area contributed by atoms with Gasteiger partial charge in [-0.25, -0.2) is 0 Å². The largest absolute Gasteiger partial charge is 0.416 e. The highest BCUT2D eigenvalue weighted by molar-refractivity contribution is 6.10. The zero-order valence-electron chi connectivity index (χ0n) is 14.2. The van der Waals surface area contributed by atoms with Gasteiger partial charge >= 0.3 is 6.18 Å². The number of halogens is 3. The Morgan fingerprint density at radius 1 is 1.12 bits per heavy atom. The van der Waals surface area contributed by atoms with Crippen molar-refractivity contribution in [2.24, 2.45) is 0 Å². The van der Waals surface area contributed by atoms with E-state index in [1.807, 2.05) is 13.8 Å². The van der Waals surface area contributed by atoms with E-state index in [9.17, 15) is 28.1 Å². The number of carbonyl (C=O) groups excluding carboxylic acids is 1. The zero-order chi connectivity index (χ0) is 19.5. The molecule has 0 saturated carbocycles. The van der Waals surface area contributed by atoms with Gasteiger partial charge in [0.1, 0.15) is 5.56 Å². The van der Waals surface area contributed by atoms with Crippen molar-refractivity contribution >= 4 is 17.3 Å². The molecule has 3 rings (SSSR count). The molecule has 1 heterocycles. The van der Waals surface area contributed by atoms with Crippen molar-refractivity contribution in [3.63, 3.8) is 0 Å². The van der Waals surface area contributed by atoms with Crippen LogP contribution >= 0.6 is 0 Å². The quantitative estimate of drug-likeness (QED) is 0.564. The average molecular weight is 366 g/mol. The van der Waals surface area contributed by atoms with Crippen molar-refractivity contribution in [3.05, 3.63) is 69.3 Å². The lowest BCUT2D eigenvalue weighted by molar-refractivity contribution is -0.385. The number of rotatable bonds is 2. The Morgan fingerprint density at radius 2 is 1.77 bits per heavy atom. The monoisotopic (exact) mass is 366 g/mol. The molecule has 2 aromatic carbocycles. The van der Waals surface area contributed by atoms with E-state index in [0.29, 0.717) is 12.0 Å². The fraction of sp³-hybridized carbons (Fsp3) is 0.278. The molecule has 2 aromatic rings. The second kappa shape index (κ2) is 7.55. The van der Waals surface area contributed by atoms with E-state index in [-0.39, 0.29) is 23.5 Å². The molecule has 5 nitrogen and oxygen atoms in total. The van der Waals surface area contributed by atoms with Gasteiger partial charge in [0.2, 0.25) is 0 Å². The van der Waals surface area contributed by atoms with Gasteiger partial charge in [-0.2, -0.15) is 13.2 Å². The number of carbonyl (C=O) groups is 1. The van der Waals surface area contributed by atoms with Crippen LogP contribution in [0, 0.1) is 10.1 Å². The highest BCUT2D eigenvalue weighted by atomic mass is 19.4. The van der Waals surface area contributed by atoms with Crippen molar-refractivity contribution in [3.8, 4) is 0 Å². The van der Waals surface area contributed by atoms with Gasteiger partial charge in [-0.3, -0.25) is 14.9 Å². The van der Waals surface area contributed by atoms with Gasteiger partial charge < -0.3 is 4.90 Å². The Kier molecular flexibility index (Phi) is 5.64.